The number of carboxylic acids is 1. The van der Waals surface area contributed by atoms with Crippen molar-refractivity contribution in [3.63, 3.8) is 0 Å². The predicted molar refractivity (Wildman–Crippen MR) is 54.5 cm³/mol. The molecular formula is C9H18N2O4. The summed E-state index contributed by atoms with van der Waals surface area (Å²) in [5, 5.41) is 21.9. The highest BCUT2D eigenvalue weighted by Crippen LogP contribution is 1.94. The number of rotatable bonds is 6. The maximum atomic E-state index is 11.2. The molecule has 0 aromatic carbocycles. The summed E-state index contributed by atoms with van der Waals surface area (Å²) in [7, 11) is 0. The van der Waals surface area contributed by atoms with Crippen LogP contribution < -0.4 is 10.6 Å². The SMILES string of the molecule is CCCC(C)NC(=O)NC(CO)C(=O)O. The number of aliphatic carboxylic acids is 1. The van der Waals surface area contributed by atoms with Crippen LogP contribution in [0.1, 0.15) is 26.7 Å². The number of carbonyl (C=O) groups excluding carboxylic acids is 1. The monoisotopic (exact) mass is 218 g/mol. The molecule has 0 aliphatic rings. The number of carboxylic acid groups (broad SMARTS) is 1. The van der Waals surface area contributed by atoms with Crippen molar-refractivity contribution in [3.05, 3.63) is 0 Å². The molecule has 0 aromatic rings. The van der Waals surface area contributed by atoms with E-state index in [2.05, 4.69) is 10.6 Å². The van der Waals surface area contributed by atoms with E-state index >= 15 is 0 Å². The Morgan fingerprint density at radius 1 is 1.33 bits per heavy atom. The van der Waals surface area contributed by atoms with Gasteiger partial charge in [-0.15, -0.1) is 0 Å². The number of hydrogen-bond acceptors (Lipinski definition) is 3. The van der Waals surface area contributed by atoms with Gasteiger partial charge in [-0.05, 0) is 13.3 Å². The van der Waals surface area contributed by atoms with Gasteiger partial charge >= 0.3 is 12.0 Å². The van der Waals surface area contributed by atoms with Gasteiger partial charge in [0.25, 0.3) is 0 Å². The summed E-state index contributed by atoms with van der Waals surface area (Å²) in [6.45, 7) is 3.20. The molecular weight excluding hydrogens is 200 g/mol. The zero-order valence-electron chi connectivity index (χ0n) is 8.99. The number of hydrogen-bond donors (Lipinski definition) is 4. The number of nitrogens with one attached hydrogen (secondary N) is 2. The lowest BCUT2D eigenvalue weighted by Gasteiger charge is -2.16. The zero-order valence-corrected chi connectivity index (χ0v) is 8.99. The van der Waals surface area contributed by atoms with E-state index in [1.54, 1.807) is 0 Å². The first-order valence-corrected chi connectivity index (χ1v) is 4.92. The van der Waals surface area contributed by atoms with E-state index in [1.807, 2.05) is 13.8 Å². The lowest BCUT2D eigenvalue weighted by molar-refractivity contribution is -0.140. The Morgan fingerprint density at radius 2 is 1.93 bits per heavy atom. The van der Waals surface area contributed by atoms with Gasteiger partial charge in [-0.1, -0.05) is 13.3 Å². The van der Waals surface area contributed by atoms with Crippen molar-refractivity contribution in [2.24, 2.45) is 0 Å². The van der Waals surface area contributed by atoms with E-state index in [1.165, 1.54) is 0 Å². The number of aliphatic hydroxyl groups excluding tert-OH is 1. The first-order chi connectivity index (χ1) is 7.01. The van der Waals surface area contributed by atoms with E-state index in [0.29, 0.717) is 0 Å². The predicted octanol–water partition coefficient (Wildman–Crippen LogP) is -0.0803. The fraction of sp³-hybridized carbons (Fsp3) is 0.778. The maximum absolute atomic E-state index is 11.2. The molecule has 0 rings (SSSR count). The zero-order chi connectivity index (χ0) is 11.8. The van der Waals surface area contributed by atoms with Crippen LogP contribution in [0.2, 0.25) is 0 Å². The van der Waals surface area contributed by atoms with Crippen LogP contribution in [0, 0.1) is 0 Å². The van der Waals surface area contributed by atoms with Crippen molar-refractivity contribution < 1.29 is 19.8 Å². The van der Waals surface area contributed by atoms with Crippen LogP contribution >= 0.6 is 0 Å². The fourth-order valence-electron chi connectivity index (χ4n) is 1.11. The Labute approximate surface area is 88.7 Å². The highest BCUT2D eigenvalue weighted by Gasteiger charge is 2.18. The molecule has 0 aliphatic heterocycles. The molecule has 0 saturated carbocycles. The van der Waals surface area contributed by atoms with Gasteiger partial charge in [-0.25, -0.2) is 9.59 Å². The molecule has 0 radical (unpaired) electrons. The third-order valence-corrected chi connectivity index (χ3v) is 1.89. The standard InChI is InChI=1S/C9H18N2O4/c1-3-4-6(2)10-9(15)11-7(5-12)8(13)14/h6-7,12H,3-5H2,1-2H3,(H,13,14)(H2,10,11,15). The molecule has 88 valence electrons. The van der Waals surface area contributed by atoms with Crippen LogP contribution in [0.25, 0.3) is 0 Å². The second-order valence-corrected chi connectivity index (χ2v) is 3.38. The number of carbonyl (C=O) groups is 2. The second-order valence-electron chi connectivity index (χ2n) is 3.38. The Hall–Kier alpha value is -1.30. The molecule has 15 heavy (non-hydrogen) atoms. The van der Waals surface area contributed by atoms with Crippen LogP contribution in [-0.2, 0) is 4.79 Å². The number of aliphatic hydroxyl groups is 1. The average Bonchev–Trinajstić information content (AvgIpc) is 2.13. The van der Waals surface area contributed by atoms with E-state index in [-0.39, 0.29) is 6.04 Å². The lowest BCUT2D eigenvalue weighted by atomic mass is 10.2. The molecule has 0 aliphatic carbocycles. The molecule has 6 nitrogen and oxygen atoms in total. The van der Waals surface area contributed by atoms with Gasteiger partial charge in [0, 0.05) is 6.04 Å². The van der Waals surface area contributed by atoms with E-state index in [9.17, 15) is 9.59 Å². The van der Waals surface area contributed by atoms with Gasteiger partial charge in [0.2, 0.25) is 0 Å². The van der Waals surface area contributed by atoms with Crippen molar-refractivity contribution in [1.29, 1.82) is 0 Å². The summed E-state index contributed by atoms with van der Waals surface area (Å²) in [5.41, 5.74) is 0. The summed E-state index contributed by atoms with van der Waals surface area (Å²) in [5.74, 6) is -1.25. The Kier molecular flexibility index (Phi) is 6.44. The van der Waals surface area contributed by atoms with E-state index in [4.69, 9.17) is 10.2 Å². The first kappa shape index (κ1) is 13.7. The Balaban J connectivity index is 3.96. The molecule has 0 fully saturated rings. The Morgan fingerprint density at radius 3 is 2.33 bits per heavy atom. The van der Waals surface area contributed by atoms with Crippen LogP contribution in [0.4, 0.5) is 4.79 Å². The topological polar surface area (TPSA) is 98.7 Å². The van der Waals surface area contributed by atoms with Crippen molar-refractivity contribution in [2.45, 2.75) is 38.8 Å². The highest BCUT2D eigenvalue weighted by atomic mass is 16.4. The lowest BCUT2D eigenvalue weighted by Crippen LogP contribution is -2.49. The van der Waals surface area contributed by atoms with Crippen molar-refractivity contribution in [3.8, 4) is 0 Å². The average molecular weight is 218 g/mol. The van der Waals surface area contributed by atoms with Crippen molar-refractivity contribution in [1.82, 2.24) is 10.6 Å². The molecule has 0 spiro atoms. The van der Waals surface area contributed by atoms with Gasteiger partial charge in [-0.3, -0.25) is 0 Å². The van der Waals surface area contributed by atoms with Crippen LogP contribution in [0.15, 0.2) is 0 Å². The molecule has 2 amide bonds. The molecule has 0 saturated heterocycles. The molecule has 0 heterocycles. The van der Waals surface area contributed by atoms with Gasteiger partial charge in [0.1, 0.15) is 0 Å². The van der Waals surface area contributed by atoms with Gasteiger partial charge < -0.3 is 20.8 Å². The van der Waals surface area contributed by atoms with Gasteiger partial charge in [0.15, 0.2) is 6.04 Å². The summed E-state index contributed by atoms with van der Waals surface area (Å²) in [4.78, 5) is 21.7. The Bertz CT molecular complexity index is 220. The molecule has 6 heteroatoms. The molecule has 4 N–H and O–H groups in total. The van der Waals surface area contributed by atoms with Crippen LogP contribution in [0.3, 0.4) is 0 Å². The van der Waals surface area contributed by atoms with Crippen LogP contribution in [0.5, 0.6) is 0 Å². The minimum atomic E-state index is -1.25. The third-order valence-electron chi connectivity index (χ3n) is 1.89. The first-order valence-electron chi connectivity index (χ1n) is 4.92. The summed E-state index contributed by atoms with van der Waals surface area (Å²) < 4.78 is 0. The van der Waals surface area contributed by atoms with Crippen molar-refractivity contribution >= 4 is 12.0 Å². The normalized spacial score (nSPS) is 14.1. The van der Waals surface area contributed by atoms with E-state index < -0.39 is 24.6 Å². The third kappa shape index (κ3) is 5.90. The summed E-state index contributed by atoms with van der Waals surface area (Å²) in [6.07, 6.45) is 1.76. The fourth-order valence-corrected chi connectivity index (χ4v) is 1.11. The molecule has 0 aromatic heterocycles. The van der Waals surface area contributed by atoms with Gasteiger partial charge in [0.05, 0.1) is 6.61 Å². The minimum absolute atomic E-state index is 0.0110. The molecule has 0 bridgehead atoms. The largest absolute Gasteiger partial charge is 0.480 e. The smallest absolute Gasteiger partial charge is 0.328 e. The second kappa shape index (κ2) is 7.05. The summed E-state index contributed by atoms with van der Waals surface area (Å²) in [6, 6.07) is -1.83. The van der Waals surface area contributed by atoms with Crippen molar-refractivity contribution in [2.75, 3.05) is 6.61 Å². The van der Waals surface area contributed by atoms with Gasteiger partial charge in [-0.2, -0.15) is 0 Å². The summed E-state index contributed by atoms with van der Waals surface area (Å²) >= 11 is 0. The van der Waals surface area contributed by atoms with Crippen LogP contribution in [-0.4, -0.2) is 40.9 Å². The number of amides is 2. The quantitative estimate of drug-likeness (QED) is 0.501. The highest BCUT2D eigenvalue weighted by molar-refractivity contribution is 5.82. The number of urea groups is 1. The molecule has 2 unspecified atom stereocenters. The minimum Gasteiger partial charge on any atom is -0.480 e. The molecule has 2 atom stereocenters. The van der Waals surface area contributed by atoms with E-state index in [0.717, 1.165) is 12.8 Å². The maximum Gasteiger partial charge on any atom is 0.328 e.